The molecule has 3 rings (SSSR count). The molecule has 1 aliphatic carbocycles. The Hall–Kier alpha value is -1.35. The van der Waals surface area contributed by atoms with Gasteiger partial charge in [0, 0.05) is 6.54 Å². The summed E-state index contributed by atoms with van der Waals surface area (Å²) in [7, 11) is 0. The number of rotatable bonds is 4. The molecular weight excluding hydrogens is 248 g/mol. The van der Waals surface area contributed by atoms with Gasteiger partial charge in [-0.2, -0.15) is 0 Å². The molecule has 1 aromatic carbocycles. The van der Waals surface area contributed by atoms with Gasteiger partial charge in [0.2, 0.25) is 5.91 Å². The summed E-state index contributed by atoms with van der Waals surface area (Å²) >= 11 is 0. The molecule has 2 fully saturated rings. The highest BCUT2D eigenvalue weighted by atomic mass is 16.2. The van der Waals surface area contributed by atoms with Gasteiger partial charge >= 0.3 is 0 Å². The summed E-state index contributed by atoms with van der Waals surface area (Å²) in [5.74, 6) is 1.52. The van der Waals surface area contributed by atoms with Crippen LogP contribution in [-0.2, 0) is 4.79 Å². The van der Waals surface area contributed by atoms with Crippen molar-refractivity contribution in [3.8, 4) is 0 Å². The first-order valence-electron chi connectivity index (χ1n) is 7.72. The molecule has 1 saturated carbocycles. The van der Waals surface area contributed by atoms with Crippen LogP contribution in [-0.4, -0.2) is 23.4 Å². The molecule has 1 N–H and O–H groups in total. The zero-order chi connectivity index (χ0) is 14.3. The first-order chi connectivity index (χ1) is 9.56. The van der Waals surface area contributed by atoms with Crippen molar-refractivity contribution in [2.45, 2.75) is 51.7 Å². The fourth-order valence-electron chi connectivity index (χ4n) is 2.89. The average Bonchev–Trinajstić information content (AvgIpc) is 3.21. The van der Waals surface area contributed by atoms with E-state index in [0.29, 0.717) is 5.92 Å². The number of hydrogen-bond donors (Lipinski definition) is 1. The van der Waals surface area contributed by atoms with E-state index in [9.17, 15) is 4.79 Å². The first-order valence-corrected chi connectivity index (χ1v) is 7.72. The molecule has 3 nitrogen and oxygen atoms in total. The van der Waals surface area contributed by atoms with E-state index < -0.39 is 0 Å². The number of nitrogens with zero attached hydrogens (tertiary/aromatic N) is 1. The van der Waals surface area contributed by atoms with Gasteiger partial charge in [-0.15, -0.1) is 0 Å². The normalized spacial score (nSPS) is 26.6. The molecule has 108 valence electrons. The molecule has 1 saturated heterocycles. The third kappa shape index (κ3) is 2.59. The summed E-state index contributed by atoms with van der Waals surface area (Å²) in [5.41, 5.74) is 2.55. The van der Waals surface area contributed by atoms with Gasteiger partial charge in [0.15, 0.2) is 0 Å². The van der Waals surface area contributed by atoms with Crippen molar-refractivity contribution >= 4 is 5.91 Å². The molecule has 0 bridgehead atoms. The number of carbonyl (C=O) groups excluding carboxylic acids is 1. The Kier molecular flexibility index (Phi) is 3.55. The van der Waals surface area contributed by atoms with E-state index in [2.05, 4.69) is 43.4 Å². The van der Waals surface area contributed by atoms with Gasteiger partial charge in [-0.3, -0.25) is 10.1 Å². The summed E-state index contributed by atoms with van der Waals surface area (Å²) in [6, 6.07) is 8.63. The lowest BCUT2D eigenvalue weighted by Crippen LogP contribution is -2.32. The standard InChI is InChI=1S/C17H24N2O/c1-11(2)14-6-8-15(9-7-14)16-18-12(3)17(20)19(16)10-13-4-5-13/h6-9,11-13,16,18H,4-5,10H2,1-3H3. The van der Waals surface area contributed by atoms with E-state index in [1.165, 1.54) is 24.0 Å². The van der Waals surface area contributed by atoms with Gasteiger partial charge in [-0.05, 0) is 42.7 Å². The maximum atomic E-state index is 12.3. The fourth-order valence-corrected chi connectivity index (χ4v) is 2.89. The maximum Gasteiger partial charge on any atom is 0.241 e. The van der Waals surface area contributed by atoms with Crippen molar-refractivity contribution in [1.82, 2.24) is 10.2 Å². The summed E-state index contributed by atoms with van der Waals surface area (Å²) in [4.78, 5) is 14.3. The molecule has 2 aliphatic rings. The molecule has 1 amide bonds. The summed E-state index contributed by atoms with van der Waals surface area (Å²) in [6.07, 6.45) is 2.60. The lowest BCUT2D eigenvalue weighted by Gasteiger charge is -2.25. The SMILES string of the molecule is CC1NC(c2ccc(C(C)C)cc2)N(CC2CC2)C1=O. The molecular formula is C17H24N2O. The molecule has 0 radical (unpaired) electrons. The predicted octanol–water partition coefficient (Wildman–Crippen LogP) is 3.04. The minimum atomic E-state index is -0.0662. The minimum Gasteiger partial charge on any atom is -0.321 e. The van der Waals surface area contributed by atoms with E-state index in [1.807, 2.05) is 11.8 Å². The van der Waals surface area contributed by atoms with Gasteiger partial charge in [0.05, 0.1) is 6.04 Å². The second kappa shape index (κ2) is 5.21. The Morgan fingerprint density at radius 1 is 1.25 bits per heavy atom. The molecule has 20 heavy (non-hydrogen) atoms. The molecule has 1 aromatic rings. The monoisotopic (exact) mass is 272 g/mol. The zero-order valence-corrected chi connectivity index (χ0v) is 12.6. The number of carbonyl (C=O) groups is 1. The fraction of sp³-hybridized carbons (Fsp3) is 0.588. The van der Waals surface area contributed by atoms with Gasteiger partial charge in [0.25, 0.3) is 0 Å². The van der Waals surface area contributed by atoms with Crippen molar-refractivity contribution in [2.75, 3.05) is 6.54 Å². The predicted molar refractivity (Wildman–Crippen MR) is 80.3 cm³/mol. The van der Waals surface area contributed by atoms with Crippen LogP contribution in [0.5, 0.6) is 0 Å². The van der Waals surface area contributed by atoms with Crippen LogP contribution in [0.3, 0.4) is 0 Å². The number of nitrogens with one attached hydrogen (secondary N) is 1. The summed E-state index contributed by atoms with van der Waals surface area (Å²) in [5, 5.41) is 3.43. The Morgan fingerprint density at radius 3 is 2.45 bits per heavy atom. The smallest absolute Gasteiger partial charge is 0.241 e. The number of hydrogen-bond acceptors (Lipinski definition) is 2. The third-order valence-corrected chi connectivity index (χ3v) is 4.44. The van der Waals surface area contributed by atoms with Gasteiger partial charge in [-0.1, -0.05) is 38.1 Å². The molecule has 1 aliphatic heterocycles. The van der Waals surface area contributed by atoms with Crippen LogP contribution in [0.2, 0.25) is 0 Å². The second-order valence-electron chi connectivity index (χ2n) is 6.55. The highest BCUT2D eigenvalue weighted by Gasteiger charge is 2.39. The topological polar surface area (TPSA) is 32.3 Å². The highest BCUT2D eigenvalue weighted by Crippen LogP contribution is 2.34. The van der Waals surface area contributed by atoms with Gasteiger partial charge in [0.1, 0.15) is 6.17 Å². The van der Waals surface area contributed by atoms with Crippen molar-refractivity contribution in [3.63, 3.8) is 0 Å². The lowest BCUT2D eigenvalue weighted by atomic mass is 10.0. The quantitative estimate of drug-likeness (QED) is 0.913. The molecule has 1 heterocycles. The summed E-state index contributed by atoms with van der Waals surface area (Å²) in [6.45, 7) is 7.28. The van der Waals surface area contributed by atoms with E-state index in [-0.39, 0.29) is 18.1 Å². The first kappa shape index (κ1) is 13.6. The van der Waals surface area contributed by atoms with Crippen LogP contribution in [0.4, 0.5) is 0 Å². The van der Waals surface area contributed by atoms with E-state index in [4.69, 9.17) is 0 Å². The van der Waals surface area contributed by atoms with Crippen LogP contribution in [0, 0.1) is 5.92 Å². The highest BCUT2D eigenvalue weighted by molar-refractivity contribution is 5.84. The Labute approximate surface area is 121 Å². The zero-order valence-electron chi connectivity index (χ0n) is 12.6. The van der Waals surface area contributed by atoms with E-state index in [0.717, 1.165) is 12.5 Å². The molecule has 3 heteroatoms. The largest absolute Gasteiger partial charge is 0.321 e. The average molecular weight is 272 g/mol. The van der Waals surface area contributed by atoms with Crippen molar-refractivity contribution in [1.29, 1.82) is 0 Å². The van der Waals surface area contributed by atoms with Crippen LogP contribution in [0.1, 0.15) is 56.8 Å². The molecule has 2 unspecified atom stereocenters. The molecule has 0 aromatic heterocycles. The second-order valence-corrected chi connectivity index (χ2v) is 6.55. The Bertz CT molecular complexity index is 490. The van der Waals surface area contributed by atoms with Crippen LogP contribution >= 0.6 is 0 Å². The molecule has 2 atom stereocenters. The summed E-state index contributed by atoms with van der Waals surface area (Å²) < 4.78 is 0. The van der Waals surface area contributed by atoms with Gasteiger partial charge in [-0.25, -0.2) is 0 Å². The lowest BCUT2D eigenvalue weighted by molar-refractivity contribution is -0.130. The Balaban J connectivity index is 1.81. The van der Waals surface area contributed by atoms with Crippen LogP contribution in [0.25, 0.3) is 0 Å². The van der Waals surface area contributed by atoms with Crippen LogP contribution < -0.4 is 5.32 Å². The van der Waals surface area contributed by atoms with E-state index >= 15 is 0 Å². The molecule has 0 spiro atoms. The maximum absolute atomic E-state index is 12.3. The van der Waals surface area contributed by atoms with Crippen molar-refractivity contribution in [2.24, 2.45) is 5.92 Å². The number of amides is 1. The van der Waals surface area contributed by atoms with Crippen molar-refractivity contribution in [3.05, 3.63) is 35.4 Å². The third-order valence-electron chi connectivity index (χ3n) is 4.44. The van der Waals surface area contributed by atoms with E-state index in [1.54, 1.807) is 0 Å². The van der Waals surface area contributed by atoms with Crippen molar-refractivity contribution < 1.29 is 4.79 Å². The Morgan fingerprint density at radius 2 is 1.90 bits per heavy atom. The van der Waals surface area contributed by atoms with Crippen LogP contribution in [0.15, 0.2) is 24.3 Å². The minimum absolute atomic E-state index is 0.0549. The number of benzene rings is 1. The van der Waals surface area contributed by atoms with Gasteiger partial charge < -0.3 is 4.90 Å².